The molecule has 14 nitrogen and oxygen atoms in total. The molecule has 3 amide bonds. The van der Waals surface area contributed by atoms with Crippen molar-refractivity contribution in [2.45, 2.75) is 99.0 Å². The lowest BCUT2D eigenvalue weighted by Gasteiger charge is -2.26. The fourth-order valence-corrected chi connectivity index (χ4v) is 5.61. The summed E-state index contributed by atoms with van der Waals surface area (Å²) in [6.07, 6.45) is -1.47. The fourth-order valence-electron chi connectivity index (χ4n) is 5.61. The van der Waals surface area contributed by atoms with Crippen LogP contribution in [0.5, 0.6) is 5.75 Å². The van der Waals surface area contributed by atoms with Crippen LogP contribution in [-0.4, -0.2) is 70.0 Å². The molecule has 312 valence electrons. The number of Topliss-reactive ketones (excluding diaryl/α,β-unsaturated/α-hetero) is 1. The third-order valence-corrected chi connectivity index (χ3v) is 7.72. The Labute approximate surface area is 344 Å². The zero-order chi connectivity index (χ0) is 43.7. The number of benzene rings is 4. The van der Waals surface area contributed by atoms with Crippen molar-refractivity contribution in [3.63, 3.8) is 0 Å². The van der Waals surface area contributed by atoms with Crippen molar-refractivity contribution in [1.82, 2.24) is 15.5 Å². The standard InChI is InChI=1S/C45H52N4O10/c1-28(50)23-29-13-11-14-30(24-29)26-49(27-37(51)57-43(2,3)4)38(52)36-16-12-15-32-25-34(21-22-35(32)36)56-39(53)31-17-19-33(20-18-31)46-40(47-41(54)58-44(5,6)7)48-42(55)59-45(8,9)10/h11-22,24-25H,23,26-27H2,1-10H3,(H2,46,47,48,54,55). The van der Waals surface area contributed by atoms with Crippen LogP contribution in [-0.2, 0) is 36.8 Å². The molecule has 0 aliphatic heterocycles. The predicted molar refractivity (Wildman–Crippen MR) is 223 cm³/mol. The van der Waals surface area contributed by atoms with E-state index in [1.807, 2.05) is 24.3 Å². The summed E-state index contributed by atoms with van der Waals surface area (Å²) in [7, 11) is 0. The first-order valence-corrected chi connectivity index (χ1v) is 19.0. The number of guanidine groups is 1. The average molecular weight is 809 g/mol. The van der Waals surface area contributed by atoms with E-state index in [1.54, 1.807) is 98.7 Å². The molecule has 0 saturated carbocycles. The Morgan fingerprint density at radius 3 is 1.81 bits per heavy atom. The number of ketones is 1. The number of rotatable bonds is 10. The van der Waals surface area contributed by atoms with Gasteiger partial charge in [-0.1, -0.05) is 36.4 Å². The molecule has 59 heavy (non-hydrogen) atoms. The van der Waals surface area contributed by atoms with Crippen molar-refractivity contribution in [2.24, 2.45) is 4.99 Å². The molecule has 0 spiro atoms. The van der Waals surface area contributed by atoms with Gasteiger partial charge in [0.05, 0.1) is 11.3 Å². The lowest BCUT2D eigenvalue weighted by molar-refractivity contribution is -0.155. The summed E-state index contributed by atoms with van der Waals surface area (Å²) >= 11 is 0. The third kappa shape index (κ3) is 15.0. The highest BCUT2D eigenvalue weighted by atomic mass is 16.6. The van der Waals surface area contributed by atoms with Gasteiger partial charge in [-0.25, -0.2) is 19.4 Å². The van der Waals surface area contributed by atoms with Crippen molar-refractivity contribution < 1.29 is 47.7 Å². The molecule has 0 aliphatic rings. The fraction of sp³-hybridized carbons (Fsp3) is 0.356. The van der Waals surface area contributed by atoms with Gasteiger partial charge in [-0.3, -0.25) is 25.0 Å². The molecule has 0 fully saturated rings. The van der Waals surface area contributed by atoms with Gasteiger partial charge in [-0.05, 0) is 140 Å². The van der Waals surface area contributed by atoms with Gasteiger partial charge in [0.25, 0.3) is 5.91 Å². The average Bonchev–Trinajstić information content (AvgIpc) is 3.08. The van der Waals surface area contributed by atoms with Crippen LogP contribution in [0, 0.1) is 0 Å². The SMILES string of the molecule is CC(=O)Cc1cccc(CN(CC(=O)OC(C)(C)C)C(=O)c2cccc3cc(OC(=O)c4ccc(N=C(NC(=O)OC(C)(C)C)NC(=O)OC(C)(C)C)cc4)ccc23)c1. The van der Waals surface area contributed by atoms with E-state index in [9.17, 15) is 28.8 Å². The number of hydrogen-bond donors (Lipinski definition) is 2. The maximum atomic E-state index is 14.2. The minimum Gasteiger partial charge on any atom is -0.459 e. The molecule has 0 unspecified atom stereocenters. The molecule has 0 aliphatic carbocycles. The predicted octanol–water partition coefficient (Wildman–Crippen LogP) is 8.21. The van der Waals surface area contributed by atoms with Gasteiger partial charge in [-0.15, -0.1) is 0 Å². The van der Waals surface area contributed by atoms with Crippen molar-refractivity contribution in [2.75, 3.05) is 6.54 Å². The lowest BCUT2D eigenvalue weighted by Crippen LogP contribution is -2.47. The third-order valence-electron chi connectivity index (χ3n) is 7.72. The second-order valence-corrected chi connectivity index (χ2v) is 16.8. The number of carbonyl (C=O) groups is 6. The number of esters is 2. The number of alkyl carbamates (subject to hydrolysis) is 2. The Morgan fingerprint density at radius 2 is 1.24 bits per heavy atom. The highest BCUT2D eigenvalue weighted by Crippen LogP contribution is 2.27. The van der Waals surface area contributed by atoms with Crippen LogP contribution in [0.4, 0.5) is 15.3 Å². The highest BCUT2D eigenvalue weighted by molar-refractivity contribution is 6.08. The van der Waals surface area contributed by atoms with E-state index in [-0.39, 0.29) is 48.3 Å². The smallest absolute Gasteiger partial charge is 0.414 e. The largest absolute Gasteiger partial charge is 0.459 e. The molecule has 2 N–H and O–H groups in total. The Hall–Kier alpha value is -6.57. The zero-order valence-electron chi connectivity index (χ0n) is 35.2. The lowest BCUT2D eigenvalue weighted by atomic mass is 10.0. The summed E-state index contributed by atoms with van der Waals surface area (Å²) in [5, 5.41) is 5.98. The Morgan fingerprint density at radius 1 is 0.661 bits per heavy atom. The molecule has 0 radical (unpaired) electrons. The number of nitrogens with zero attached hydrogens (tertiary/aromatic N) is 2. The van der Waals surface area contributed by atoms with E-state index in [1.165, 1.54) is 36.1 Å². The normalized spacial score (nSPS) is 11.5. The highest BCUT2D eigenvalue weighted by Gasteiger charge is 2.26. The van der Waals surface area contributed by atoms with Crippen LogP contribution in [0.1, 0.15) is 101 Å². The van der Waals surface area contributed by atoms with Crippen molar-refractivity contribution >= 4 is 58.2 Å². The molecule has 0 heterocycles. The van der Waals surface area contributed by atoms with E-state index in [2.05, 4.69) is 15.6 Å². The molecule has 4 aromatic carbocycles. The molecule has 4 aromatic rings. The molecule has 0 atom stereocenters. The van der Waals surface area contributed by atoms with E-state index in [0.29, 0.717) is 16.3 Å². The monoisotopic (exact) mass is 808 g/mol. The minimum absolute atomic E-state index is 0.00320. The van der Waals surface area contributed by atoms with Gasteiger partial charge in [0.15, 0.2) is 0 Å². The van der Waals surface area contributed by atoms with E-state index >= 15 is 0 Å². The Balaban J connectivity index is 1.55. The van der Waals surface area contributed by atoms with E-state index < -0.39 is 46.8 Å². The minimum atomic E-state index is -0.856. The molecule has 0 aromatic heterocycles. The summed E-state index contributed by atoms with van der Waals surface area (Å²) in [6, 6.07) is 23.2. The van der Waals surface area contributed by atoms with Gasteiger partial charge in [0, 0.05) is 18.5 Å². The summed E-state index contributed by atoms with van der Waals surface area (Å²) < 4.78 is 21.8. The molecule has 14 heteroatoms. The van der Waals surface area contributed by atoms with Crippen molar-refractivity contribution in [3.8, 4) is 5.75 Å². The summed E-state index contributed by atoms with van der Waals surface area (Å²) in [6.45, 7) is 16.6. The van der Waals surface area contributed by atoms with Gasteiger partial charge in [0.2, 0.25) is 5.96 Å². The van der Waals surface area contributed by atoms with E-state index in [0.717, 1.165) is 11.1 Å². The van der Waals surface area contributed by atoms with Crippen molar-refractivity contribution in [1.29, 1.82) is 0 Å². The number of ether oxygens (including phenoxy) is 4. The number of hydrogen-bond acceptors (Lipinski definition) is 11. The van der Waals surface area contributed by atoms with Gasteiger partial charge in [-0.2, -0.15) is 0 Å². The van der Waals surface area contributed by atoms with Crippen LogP contribution in [0.2, 0.25) is 0 Å². The maximum absolute atomic E-state index is 14.2. The first-order valence-electron chi connectivity index (χ1n) is 19.0. The molecule has 0 saturated heterocycles. The second kappa shape index (κ2) is 18.8. The van der Waals surface area contributed by atoms with Crippen LogP contribution in [0.15, 0.2) is 89.9 Å². The zero-order valence-corrected chi connectivity index (χ0v) is 35.2. The molecule has 0 bridgehead atoms. The summed E-state index contributed by atoms with van der Waals surface area (Å²) in [5.41, 5.74) is -0.0787. The van der Waals surface area contributed by atoms with Crippen LogP contribution < -0.4 is 15.4 Å². The topological polar surface area (TPSA) is 179 Å². The number of carbonyl (C=O) groups excluding carboxylic acids is 6. The van der Waals surface area contributed by atoms with Crippen LogP contribution in [0.3, 0.4) is 0 Å². The first kappa shape index (κ1) is 45.1. The number of aliphatic imine (C=N–C) groups is 1. The first-order chi connectivity index (χ1) is 27.4. The van der Waals surface area contributed by atoms with Gasteiger partial charge in [0.1, 0.15) is 34.9 Å². The second-order valence-electron chi connectivity index (χ2n) is 16.8. The summed E-state index contributed by atoms with van der Waals surface area (Å²) in [4.78, 5) is 82.9. The Bertz CT molecular complexity index is 2210. The van der Waals surface area contributed by atoms with Crippen LogP contribution in [0.25, 0.3) is 10.8 Å². The quantitative estimate of drug-likeness (QED) is 0.0521. The number of fused-ring (bicyclic) bond motifs is 1. The number of nitrogens with one attached hydrogen (secondary N) is 2. The molecular weight excluding hydrogens is 757 g/mol. The summed E-state index contributed by atoms with van der Waals surface area (Å²) in [5.74, 6) is -1.71. The molecule has 4 rings (SSSR count). The molecular formula is C45H52N4O10. The number of amides is 3. The van der Waals surface area contributed by atoms with Gasteiger partial charge >= 0.3 is 24.1 Å². The maximum Gasteiger partial charge on any atom is 0.414 e. The Kier molecular flexibility index (Phi) is 14.4. The van der Waals surface area contributed by atoms with Crippen LogP contribution >= 0.6 is 0 Å². The van der Waals surface area contributed by atoms with E-state index in [4.69, 9.17) is 18.9 Å². The van der Waals surface area contributed by atoms with Gasteiger partial charge < -0.3 is 23.8 Å². The van der Waals surface area contributed by atoms with Crippen molar-refractivity contribution in [3.05, 3.63) is 107 Å².